The van der Waals surface area contributed by atoms with Gasteiger partial charge in [-0.25, -0.2) is 8.42 Å². The minimum Gasteiger partial charge on any atom is -0.354 e. The Balaban J connectivity index is 1.78. The molecule has 0 fully saturated rings. The summed E-state index contributed by atoms with van der Waals surface area (Å²) in [5.74, 6) is -0.578. The summed E-state index contributed by atoms with van der Waals surface area (Å²) in [6.45, 7) is 4.08. The molecule has 1 atom stereocenters. The van der Waals surface area contributed by atoms with E-state index in [1.54, 1.807) is 42.5 Å². The molecular weight excluding hydrogens is 753 g/mol. The lowest BCUT2D eigenvalue weighted by Crippen LogP contribution is -2.53. The number of amides is 2. The van der Waals surface area contributed by atoms with Gasteiger partial charge in [-0.2, -0.15) is 0 Å². The van der Waals surface area contributed by atoms with E-state index >= 15 is 0 Å². The summed E-state index contributed by atoms with van der Waals surface area (Å²) in [6, 6.07) is 31.2. The van der Waals surface area contributed by atoms with Crippen LogP contribution in [0.2, 0.25) is 0 Å². The zero-order valence-electron chi connectivity index (χ0n) is 24.6. The predicted molar refractivity (Wildman–Crippen MR) is 187 cm³/mol. The van der Waals surface area contributed by atoms with Crippen LogP contribution in [0.25, 0.3) is 0 Å². The Morgan fingerprint density at radius 2 is 1.41 bits per heavy atom. The Labute approximate surface area is 282 Å². The summed E-state index contributed by atoms with van der Waals surface area (Å²) in [4.78, 5) is 29.8. The SMILES string of the molecule is CC(C)CNC(=O)[C@@H](Cc1ccccc1)N(Cc1ccc(Br)cc1)C(=O)CN(c1ccc(I)cc1)S(=O)(=O)c1ccccc1. The third-order valence-corrected chi connectivity index (χ3v) is 9.98. The third kappa shape index (κ3) is 9.15. The zero-order chi connectivity index (χ0) is 31.7. The first-order valence-corrected chi connectivity index (χ1v) is 17.5. The number of carbonyl (C=O) groups excluding carboxylic acids is 2. The normalized spacial score (nSPS) is 12.0. The van der Waals surface area contributed by atoms with Crippen molar-refractivity contribution in [2.45, 2.75) is 37.8 Å². The number of nitrogens with one attached hydrogen (secondary N) is 1. The Morgan fingerprint density at radius 3 is 2.00 bits per heavy atom. The molecule has 2 amide bonds. The molecule has 44 heavy (non-hydrogen) atoms. The topological polar surface area (TPSA) is 86.8 Å². The smallest absolute Gasteiger partial charge is 0.264 e. The van der Waals surface area contributed by atoms with E-state index in [1.165, 1.54) is 17.0 Å². The van der Waals surface area contributed by atoms with Crippen molar-refractivity contribution in [3.8, 4) is 0 Å². The van der Waals surface area contributed by atoms with Gasteiger partial charge in [-0.3, -0.25) is 13.9 Å². The van der Waals surface area contributed by atoms with Gasteiger partial charge in [0.15, 0.2) is 0 Å². The van der Waals surface area contributed by atoms with E-state index in [4.69, 9.17) is 0 Å². The number of carbonyl (C=O) groups is 2. The van der Waals surface area contributed by atoms with Gasteiger partial charge in [0.05, 0.1) is 10.6 Å². The summed E-state index contributed by atoms with van der Waals surface area (Å²) in [5, 5.41) is 3.01. The van der Waals surface area contributed by atoms with Crippen molar-refractivity contribution >= 4 is 66.0 Å². The van der Waals surface area contributed by atoms with Crippen LogP contribution in [-0.4, -0.2) is 44.3 Å². The number of rotatable bonds is 13. The van der Waals surface area contributed by atoms with Gasteiger partial charge in [0.2, 0.25) is 11.8 Å². The summed E-state index contributed by atoms with van der Waals surface area (Å²) in [6.07, 6.45) is 0.266. The lowest BCUT2D eigenvalue weighted by molar-refractivity contribution is -0.140. The van der Waals surface area contributed by atoms with E-state index in [1.807, 2.05) is 68.4 Å². The standard InChI is InChI=1S/C34H35BrIN3O4S/c1-25(2)22-37-34(41)32(21-26-9-5-3-6-10-26)38(23-27-13-15-28(35)16-14-27)33(40)24-39(30-19-17-29(36)18-20-30)44(42,43)31-11-7-4-8-12-31/h3-20,25,32H,21-24H2,1-2H3,(H,37,41)/t32-/m1/s1. The minimum atomic E-state index is -4.12. The second-order valence-corrected chi connectivity index (χ2v) is 14.8. The Kier molecular flexibility index (Phi) is 12.0. The number of halogens is 2. The molecule has 0 heterocycles. The van der Waals surface area contributed by atoms with E-state index in [0.29, 0.717) is 12.2 Å². The molecule has 1 N–H and O–H groups in total. The van der Waals surface area contributed by atoms with Gasteiger partial charge in [-0.15, -0.1) is 0 Å². The molecule has 7 nitrogen and oxygen atoms in total. The van der Waals surface area contributed by atoms with Crippen LogP contribution in [-0.2, 0) is 32.6 Å². The number of benzene rings is 4. The molecule has 0 radical (unpaired) electrons. The average molecular weight is 789 g/mol. The first-order valence-electron chi connectivity index (χ1n) is 14.2. The van der Waals surface area contributed by atoms with Crippen LogP contribution >= 0.6 is 38.5 Å². The van der Waals surface area contributed by atoms with Gasteiger partial charge in [0.25, 0.3) is 10.0 Å². The molecular formula is C34H35BrIN3O4S. The highest BCUT2D eigenvalue weighted by Gasteiger charge is 2.34. The fourth-order valence-electron chi connectivity index (χ4n) is 4.62. The molecule has 230 valence electrons. The van der Waals surface area contributed by atoms with E-state index in [0.717, 1.165) is 23.5 Å². The van der Waals surface area contributed by atoms with Crippen molar-refractivity contribution in [2.75, 3.05) is 17.4 Å². The zero-order valence-corrected chi connectivity index (χ0v) is 29.1. The molecule has 0 unspecified atom stereocenters. The van der Waals surface area contributed by atoms with Crippen LogP contribution in [0.3, 0.4) is 0 Å². The number of hydrogen-bond acceptors (Lipinski definition) is 4. The largest absolute Gasteiger partial charge is 0.354 e. The van der Waals surface area contributed by atoms with Crippen molar-refractivity contribution in [3.63, 3.8) is 0 Å². The van der Waals surface area contributed by atoms with Gasteiger partial charge in [-0.1, -0.05) is 90.4 Å². The van der Waals surface area contributed by atoms with Crippen LogP contribution in [0.4, 0.5) is 5.69 Å². The van der Waals surface area contributed by atoms with Crippen LogP contribution in [0.5, 0.6) is 0 Å². The molecule has 0 bridgehead atoms. The van der Waals surface area contributed by atoms with Crippen molar-refractivity contribution in [2.24, 2.45) is 5.92 Å². The molecule has 0 spiro atoms. The summed E-state index contributed by atoms with van der Waals surface area (Å²) in [5.41, 5.74) is 2.05. The molecule has 0 aliphatic carbocycles. The Bertz CT molecular complexity index is 1640. The van der Waals surface area contributed by atoms with E-state index in [9.17, 15) is 18.0 Å². The average Bonchev–Trinajstić information content (AvgIpc) is 3.02. The third-order valence-electron chi connectivity index (χ3n) is 6.95. The van der Waals surface area contributed by atoms with Crippen molar-refractivity contribution in [3.05, 3.63) is 128 Å². The molecule has 4 aromatic rings. The number of anilines is 1. The van der Waals surface area contributed by atoms with Gasteiger partial charge < -0.3 is 10.2 Å². The van der Waals surface area contributed by atoms with Crippen molar-refractivity contribution in [1.82, 2.24) is 10.2 Å². The van der Waals surface area contributed by atoms with Gasteiger partial charge >= 0.3 is 0 Å². The second kappa shape index (κ2) is 15.7. The van der Waals surface area contributed by atoms with Gasteiger partial charge in [0.1, 0.15) is 12.6 Å². The highest BCUT2D eigenvalue weighted by Crippen LogP contribution is 2.26. The maximum absolute atomic E-state index is 14.4. The Hall–Kier alpha value is -3.22. The number of hydrogen-bond donors (Lipinski definition) is 1. The summed E-state index contributed by atoms with van der Waals surface area (Å²) >= 11 is 5.61. The van der Waals surface area contributed by atoms with E-state index in [2.05, 4.69) is 43.8 Å². The fourth-order valence-corrected chi connectivity index (χ4v) is 6.68. The molecule has 4 aromatic carbocycles. The first-order chi connectivity index (χ1) is 21.0. The first kappa shape index (κ1) is 33.7. The van der Waals surface area contributed by atoms with Crippen LogP contribution < -0.4 is 9.62 Å². The molecule has 0 saturated heterocycles. The maximum Gasteiger partial charge on any atom is 0.264 e. The molecule has 0 aliphatic heterocycles. The van der Waals surface area contributed by atoms with Gasteiger partial charge in [0, 0.05) is 27.6 Å². The van der Waals surface area contributed by atoms with Crippen LogP contribution in [0.15, 0.2) is 119 Å². The molecule has 0 aromatic heterocycles. The van der Waals surface area contributed by atoms with Crippen LogP contribution in [0, 0.1) is 9.49 Å². The van der Waals surface area contributed by atoms with E-state index in [-0.39, 0.29) is 29.7 Å². The van der Waals surface area contributed by atoms with Gasteiger partial charge in [-0.05, 0) is 88.2 Å². The van der Waals surface area contributed by atoms with Crippen molar-refractivity contribution in [1.29, 1.82) is 0 Å². The number of sulfonamides is 1. The second-order valence-electron chi connectivity index (χ2n) is 10.8. The Morgan fingerprint density at radius 1 is 0.818 bits per heavy atom. The molecule has 0 aliphatic rings. The van der Waals surface area contributed by atoms with Crippen LogP contribution in [0.1, 0.15) is 25.0 Å². The molecule has 10 heteroatoms. The molecule has 4 rings (SSSR count). The van der Waals surface area contributed by atoms with Crippen molar-refractivity contribution < 1.29 is 18.0 Å². The summed E-state index contributed by atoms with van der Waals surface area (Å²) < 4.78 is 31.0. The monoisotopic (exact) mass is 787 g/mol. The predicted octanol–water partition coefficient (Wildman–Crippen LogP) is 6.66. The summed E-state index contributed by atoms with van der Waals surface area (Å²) in [7, 11) is -4.12. The lowest BCUT2D eigenvalue weighted by atomic mass is 10.0. The fraction of sp³-hybridized carbons (Fsp3) is 0.235. The van der Waals surface area contributed by atoms with E-state index < -0.39 is 28.5 Å². The molecule has 0 saturated carbocycles. The highest BCUT2D eigenvalue weighted by atomic mass is 127. The highest BCUT2D eigenvalue weighted by molar-refractivity contribution is 14.1. The lowest BCUT2D eigenvalue weighted by Gasteiger charge is -2.34. The maximum atomic E-state index is 14.4. The number of nitrogens with zero attached hydrogens (tertiary/aromatic N) is 2. The quantitative estimate of drug-likeness (QED) is 0.154. The minimum absolute atomic E-state index is 0.0707.